The van der Waals surface area contributed by atoms with Gasteiger partial charge in [-0.05, 0) is 29.2 Å². The molecule has 6 nitrogen and oxygen atoms in total. The van der Waals surface area contributed by atoms with E-state index in [9.17, 15) is 14.7 Å². The number of nitrogens with zero attached hydrogens (tertiary/aromatic N) is 1. The largest absolute Gasteiger partial charge is 0.480 e. The van der Waals surface area contributed by atoms with Crippen LogP contribution in [-0.2, 0) is 16.0 Å². The number of fused-ring (bicyclic) bond motifs is 3. The van der Waals surface area contributed by atoms with Crippen molar-refractivity contribution in [2.45, 2.75) is 25.3 Å². The second kappa shape index (κ2) is 8.05. The summed E-state index contributed by atoms with van der Waals surface area (Å²) >= 11 is 1.44. The Morgan fingerprint density at radius 2 is 1.76 bits per heavy atom. The molecule has 0 fully saturated rings. The van der Waals surface area contributed by atoms with Crippen LogP contribution >= 0.6 is 11.3 Å². The standard InChI is InChI=1S/C22H20N2O4S/c1-13-23-14(12-29-13)10-20(21(25)26)24-22(27)28-11-19-17-8-4-2-6-15(17)16-7-3-5-9-18(16)19/h2-9,12,19-20H,10-11H2,1H3,(H,24,27)(H,25,26). The van der Waals surface area contributed by atoms with Crippen LogP contribution in [-0.4, -0.2) is 34.8 Å². The topological polar surface area (TPSA) is 88.5 Å². The van der Waals surface area contributed by atoms with Gasteiger partial charge < -0.3 is 15.2 Å². The molecule has 0 aliphatic heterocycles. The lowest BCUT2D eigenvalue weighted by Gasteiger charge is -2.17. The maximum absolute atomic E-state index is 12.3. The van der Waals surface area contributed by atoms with Gasteiger partial charge in [0.2, 0.25) is 0 Å². The molecule has 0 radical (unpaired) electrons. The summed E-state index contributed by atoms with van der Waals surface area (Å²) in [4.78, 5) is 28.1. The quantitative estimate of drug-likeness (QED) is 0.644. The van der Waals surface area contributed by atoms with E-state index in [0.717, 1.165) is 27.3 Å². The highest BCUT2D eigenvalue weighted by atomic mass is 32.1. The van der Waals surface area contributed by atoms with Gasteiger partial charge in [-0.1, -0.05) is 48.5 Å². The fraction of sp³-hybridized carbons (Fsp3) is 0.227. The van der Waals surface area contributed by atoms with Gasteiger partial charge in [-0.25, -0.2) is 14.6 Å². The number of ether oxygens (including phenoxy) is 1. The van der Waals surface area contributed by atoms with Gasteiger partial charge >= 0.3 is 12.1 Å². The van der Waals surface area contributed by atoms with Crippen molar-refractivity contribution in [3.8, 4) is 11.1 Å². The number of carbonyl (C=O) groups is 2. The number of amides is 1. The Balaban J connectivity index is 1.43. The maximum Gasteiger partial charge on any atom is 0.407 e. The van der Waals surface area contributed by atoms with Crippen LogP contribution in [0.4, 0.5) is 4.79 Å². The van der Waals surface area contributed by atoms with Crippen molar-refractivity contribution in [2.24, 2.45) is 0 Å². The van der Waals surface area contributed by atoms with Crippen molar-refractivity contribution >= 4 is 23.4 Å². The van der Waals surface area contributed by atoms with Gasteiger partial charge in [-0.2, -0.15) is 0 Å². The second-order valence-corrected chi connectivity index (χ2v) is 7.98. The van der Waals surface area contributed by atoms with Crippen molar-refractivity contribution in [1.29, 1.82) is 0 Å². The minimum atomic E-state index is -1.12. The minimum absolute atomic E-state index is 0.0716. The molecule has 0 bridgehead atoms. The zero-order valence-electron chi connectivity index (χ0n) is 15.8. The van der Waals surface area contributed by atoms with Crippen molar-refractivity contribution in [1.82, 2.24) is 10.3 Å². The molecular formula is C22H20N2O4S. The number of aromatic nitrogens is 1. The number of rotatable bonds is 6. The summed E-state index contributed by atoms with van der Waals surface area (Å²) in [6.45, 7) is 1.99. The fourth-order valence-corrected chi connectivity index (χ4v) is 4.32. The Labute approximate surface area is 172 Å². The smallest absolute Gasteiger partial charge is 0.407 e. The third kappa shape index (κ3) is 4.00. The molecule has 29 heavy (non-hydrogen) atoms. The molecule has 2 N–H and O–H groups in total. The first-order chi connectivity index (χ1) is 14.0. The number of benzene rings is 2. The highest BCUT2D eigenvalue weighted by molar-refractivity contribution is 7.09. The van der Waals surface area contributed by atoms with Crippen LogP contribution in [0, 0.1) is 6.92 Å². The van der Waals surface area contributed by atoms with E-state index in [1.807, 2.05) is 43.3 Å². The molecule has 148 valence electrons. The van der Waals surface area contributed by atoms with Crippen LogP contribution in [0.5, 0.6) is 0 Å². The molecular weight excluding hydrogens is 388 g/mol. The third-order valence-electron chi connectivity index (χ3n) is 5.01. The average Bonchev–Trinajstić information content (AvgIpc) is 3.27. The first-order valence-corrected chi connectivity index (χ1v) is 10.2. The van der Waals surface area contributed by atoms with E-state index in [4.69, 9.17) is 4.74 Å². The number of alkyl carbamates (subject to hydrolysis) is 1. The molecule has 1 aromatic heterocycles. The average molecular weight is 408 g/mol. The zero-order valence-corrected chi connectivity index (χ0v) is 16.6. The number of aliphatic carboxylic acids is 1. The number of carboxylic acids is 1. The Morgan fingerprint density at radius 3 is 2.31 bits per heavy atom. The number of aryl methyl sites for hydroxylation is 1. The lowest BCUT2D eigenvalue weighted by molar-refractivity contribution is -0.139. The van der Waals surface area contributed by atoms with E-state index in [2.05, 4.69) is 22.4 Å². The van der Waals surface area contributed by atoms with Gasteiger partial charge in [-0.3, -0.25) is 0 Å². The van der Waals surface area contributed by atoms with E-state index in [0.29, 0.717) is 5.69 Å². The monoisotopic (exact) mass is 408 g/mol. The zero-order chi connectivity index (χ0) is 20.4. The molecule has 1 amide bonds. The molecule has 7 heteroatoms. The molecule has 1 atom stereocenters. The Bertz CT molecular complexity index is 1020. The van der Waals surface area contributed by atoms with E-state index in [-0.39, 0.29) is 18.9 Å². The highest BCUT2D eigenvalue weighted by Gasteiger charge is 2.29. The third-order valence-corrected chi connectivity index (χ3v) is 5.84. The van der Waals surface area contributed by atoms with Crippen molar-refractivity contribution in [3.05, 3.63) is 75.7 Å². The molecule has 0 saturated carbocycles. The number of hydrogen-bond acceptors (Lipinski definition) is 5. The molecule has 2 aromatic carbocycles. The molecule has 0 saturated heterocycles. The molecule has 0 spiro atoms. The highest BCUT2D eigenvalue weighted by Crippen LogP contribution is 2.44. The summed E-state index contributed by atoms with van der Waals surface area (Å²) in [5.41, 5.74) is 5.13. The second-order valence-electron chi connectivity index (χ2n) is 6.92. The van der Waals surface area contributed by atoms with Crippen LogP contribution in [0.25, 0.3) is 11.1 Å². The molecule has 1 aliphatic rings. The maximum atomic E-state index is 12.3. The van der Waals surface area contributed by atoms with Crippen LogP contribution < -0.4 is 5.32 Å². The van der Waals surface area contributed by atoms with E-state index in [1.165, 1.54) is 11.3 Å². The van der Waals surface area contributed by atoms with E-state index >= 15 is 0 Å². The number of hydrogen-bond donors (Lipinski definition) is 2. The summed E-state index contributed by atoms with van der Waals surface area (Å²) in [6.07, 6.45) is -0.629. The number of carboxylic acid groups (broad SMARTS) is 1. The predicted octanol–water partition coefficient (Wildman–Crippen LogP) is 3.99. The van der Waals surface area contributed by atoms with Gasteiger partial charge in [0, 0.05) is 17.7 Å². The number of carbonyl (C=O) groups excluding carboxylic acids is 1. The Hall–Kier alpha value is -3.19. The molecule has 1 unspecified atom stereocenters. The van der Waals surface area contributed by atoms with Crippen LogP contribution in [0.1, 0.15) is 27.7 Å². The summed E-state index contributed by atoms with van der Waals surface area (Å²) < 4.78 is 5.43. The lowest BCUT2D eigenvalue weighted by atomic mass is 9.98. The van der Waals surface area contributed by atoms with Gasteiger partial charge in [0.15, 0.2) is 0 Å². The predicted molar refractivity (Wildman–Crippen MR) is 110 cm³/mol. The summed E-state index contributed by atoms with van der Waals surface area (Å²) in [6, 6.07) is 15.0. The normalized spacial score (nSPS) is 13.4. The first-order valence-electron chi connectivity index (χ1n) is 9.28. The van der Waals surface area contributed by atoms with E-state index in [1.54, 1.807) is 5.38 Å². The van der Waals surface area contributed by atoms with Gasteiger partial charge in [-0.15, -0.1) is 11.3 Å². The molecule has 1 aliphatic carbocycles. The number of thiazole rings is 1. The molecule has 3 aromatic rings. The molecule has 1 heterocycles. The summed E-state index contributed by atoms with van der Waals surface area (Å²) in [7, 11) is 0. The van der Waals surface area contributed by atoms with Crippen molar-refractivity contribution < 1.29 is 19.4 Å². The van der Waals surface area contributed by atoms with Gasteiger partial charge in [0.1, 0.15) is 12.6 Å². The van der Waals surface area contributed by atoms with Crippen LogP contribution in [0.3, 0.4) is 0 Å². The minimum Gasteiger partial charge on any atom is -0.480 e. The summed E-state index contributed by atoms with van der Waals surface area (Å²) in [5, 5.41) is 14.5. The lowest BCUT2D eigenvalue weighted by Crippen LogP contribution is -2.43. The SMILES string of the molecule is Cc1nc(CC(NC(=O)OCC2c3ccccc3-c3ccccc32)C(=O)O)cs1. The van der Waals surface area contributed by atoms with Crippen LogP contribution in [0.15, 0.2) is 53.9 Å². The van der Waals surface area contributed by atoms with Crippen molar-refractivity contribution in [2.75, 3.05) is 6.61 Å². The molecule has 4 rings (SSSR count). The fourth-order valence-electron chi connectivity index (χ4n) is 3.69. The van der Waals surface area contributed by atoms with E-state index < -0.39 is 18.1 Å². The van der Waals surface area contributed by atoms with Gasteiger partial charge in [0.25, 0.3) is 0 Å². The van der Waals surface area contributed by atoms with Gasteiger partial charge in [0.05, 0.1) is 10.7 Å². The van der Waals surface area contributed by atoms with Crippen molar-refractivity contribution in [3.63, 3.8) is 0 Å². The first kappa shape index (κ1) is 19.1. The Kier molecular flexibility index (Phi) is 5.31. The number of nitrogens with one attached hydrogen (secondary N) is 1. The van der Waals surface area contributed by atoms with Crippen LogP contribution in [0.2, 0.25) is 0 Å². The summed E-state index contributed by atoms with van der Waals surface area (Å²) in [5.74, 6) is -1.19. The Morgan fingerprint density at radius 1 is 1.14 bits per heavy atom.